The minimum absolute atomic E-state index is 0.457. The molecule has 0 amide bonds. The Kier molecular flexibility index (Phi) is 3.52. The second-order valence-corrected chi connectivity index (χ2v) is 5.88. The van der Waals surface area contributed by atoms with Crippen LogP contribution in [0, 0.1) is 17.3 Å². The summed E-state index contributed by atoms with van der Waals surface area (Å²) in [5.74, 6) is 1.56. The van der Waals surface area contributed by atoms with Crippen molar-refractivity contribution in [2.24, 2.45) is 22.4 Å². The Bertz CT molecular complexity index is 371. The first kappa shape index (κ1) is 12.6. The molecule has 2 bridgehead atoms. The molecule has 0 aliphatic heterocycles. The zero-order valence-electron chi connectivity index (χ0n) is 10.8. The third kappa shape index (κ3) is 2.37. The number of thiocarbonyl (C=S) groups is 1. The van der Waals surface area contributed by atoms with Crippen molar-refractivity contribution in [3.05, 3.63) is 11.6 Å². The summed E-state index contributed by atoms with van der Waals surface area (Å²) in [6.07, 6.45) is 6.78. The van der Waals surface area contributed by atoms with Crippen LogP contribution in [-0.4, -0.2) is 17.9 Å². The van der Waals surface area contributed by atoms with Crippen LogP contribution >= 0.6 is 12.2 Å². The van der Waals surface area contributed by atoms with Crippen LogP contribution in [-0.2, 0) is 0 Å². The fourth-order valence-corrected chi connectivity index (χ4v) is 3.11. The molecule has 1 fully saturated rings. The van der Waals surface area contributed by atoms with E-state index in [1.165, 1.54) is 18.4 Å². The van der Waals surface area contributed by atoms with Gasteiger partial charge in [-0.25, -0.2) is 0 Å². The first-order valence-corrected chi connectivity index (χ1v) is 6.73. The highest BCUT2D eigenvalue weighted by molar-refractivity contribution is 7.80. The lowest BCUT2D eigenvalue weighted by atomic mass is 9.49. The molecule has 0 radical (unpaired) electrons. The quantitative estimate of drug-likeness (QED) is 0.459. The lowest BCUT2D eigenvalue weighted by Crippen LogP contribution is -2.48. The van der Waals surface area contributed by atoms with Crippen LogP contribution in [0.3, 0.4) is 0 Å². The highest BCUT2D eigenvalue weighted by Gasteiger charge is 2.50. The van der Waals surface area contributed by atoms with Gasteiger partial charge in [-0.3, -0.25) is 5.43 Å². The molecule has 0 heterocycles. The molecule has 0 aromatic heterocycles. The van der Waals surface area contributed by atoms with Gasteiger partial charge < -0.3 is 5.32 Å². The third-order valence-electron chi connectivity index (χ3n) is 4.23. The van der Waals surface area contributed by atoms with Gasteiger partial charge in [-0.2, -0.15) is 5.10 Å². The summed E-state index contributed by atoms with van der Waals surface area (Å²) in [6, 6.07) is 0. The van der Waals surface area contributed by atoms with Crippen LogP contribution in [0.15, 0.2) is 16.8 Å². The smallest absolute Gasteiger partial charge is 0.186 e. The van der Waals surface area contributed by atoms with E-state index in [4.69, 9.17) is 12.2 Å². The molecule has 2 atom stereocenters. The van der Waals surface area contributed by atoms with Gasteiger partial charge in [0.05, 0.1) is 6.21 Å². The van der Waals surface area contributed by atoms with Crippen LogP contribution < -0.4 is 10.7 Å². The fraction of sp³-hybridized carbons (Fsp3) is 0.692. The summed E-state index contributed by atoms with van der Waals surface area (Å²) in [5.41, 5.74) is 4.67. The number of nitrogens with zero attached hydrogens (tertiary/aromatic N) is 1. The van der Waals surface area contributed by atoms with Crippen LogP contribution in [0.2, 0.25) is 0 Å². The summed E-state index contributed by atoms with van der Waals surface area (Å²) < 4.78 is 0. The minimum atomic E-state index is 0.457. The highest BCUT2D eigenvalue weighted by atomic mass is 32.1. The number of fused-ring (bicyclic) bond motifs is 1. The topological polar surface area (TPSA) is 36.4 Å². The van der Waals surface area contributed by atoms with E-state index in [9.17, 15) is 0 Å². The Hall–Kier alpha value is -0.900. The third-order valence-corrected chi connectivity index (χ3v) is 4.46. The molecular weight excluding hydrogens is 230 g/mol. The second kappa shape index (κ2) is 4.77. The molecule has 3 nitrogen and oxygen atoms in total. The maximum absolute atomic E-state index is 5.05. The Morgan fingerprint density at radius 2 is 2.41 bits per heavy atom. The molecular formula is C13H21N3S. The Labute approximate surface area is 109 Å². The molecule has 0 spiro atoms. The number of allylic oxidation sites excluding steroid dienone is 2. The molecule has 0 saturated heterocycles. The molecule has 17 heavy (non-hydrogen) atoms. The number of hydrogen-bond acceptors (Lipinski definition) is 2. The predicted molar refractivity (Wildman–Crippen MR) is 76.0 cm³/mol. The lowest BCUT2D eigenvalue weighted by Gasteiger charge is -2.55. The zero-order chi connectivity index (χ0) is 12.5. The van der Waals surface area contributed by atoms with Gasteiger partial charge in [0, 0.05) is 6.54 Å². The van der Waals surface area contributed by atoms with E-state index in [1.54, 1.807) is 0 Å². The van der Waals surface area contributed by atoms with Crippen LogP contribution in [0.5, 0.6) is 0 Å². The van der Waals surface area contributed by atoms with Crippen molar-refractivity contribution in [1.82, 2.24) is 10.7 Å². The van der Waals surface area contributed by atoms with Gasteiger partial charge in [0.15, 0.2) is 5.11 Å². The maximum Gasteiger partial charge on any atom is 0.186 e. The molecule has 2 N–H and O–H groups in total. The predicted octanol–water partition coefficient (Wildman–Crippen LogP) is 2.45. The Balaban J connectivity index is 1.90. The summed E-state index contributed by atoms with van der Waals surface area (Å²) in [6.45, 7) is 7.56. The van der Waals surface area contributed by atoms with Gasteiger partial charge in [-0.15, -0.1) is 0 Å². The van der Waals surface area contributed by atoms with E-state index in [0.717, 1.165) is 12.5 Å². The molecule has 1 saturated carbocycles. The van der Waals surface area contributed by atoms with Gasteiger partial charge in [-0.05, 0) is 54.8 Å². The zero-order valence-corrected chi connectivity index (χ0v) is 11.6. The van der Waals surface area contributed by atoms with Crippen molar-refractivity contribution in [2.75, 3.05) is 6.54 Å². The average molecular weight is 251 g/mol. The van der Waals surface area contributed by atoms with Gasteiger partial charge in [-0.1, -0.05) is 19.9 Å². The maximum atomic E-state index is 5.05. The highest BCUT2D eigenvalue weighted by Crippen LogP contribution is 2.58. The second-order valence-electron chi connectivity index (χ2n) is 5.48. The first-order chi connectivity index (χ1) is 8.05. The molecule has 4 heteroatoms. The van der Waals surface area contributed by atoms with Crippen LogP contribution in [0.25, 0.3) is 0 Å². The molecule has 0 aromatic rings. The van der Waals surface area contributed by atoms with Crippen molar-refractivity contribution >= 4 is 23.5 Å². The van der Waals surface area contributed by atoms with Crippen LogP contribution in [0.1, 0.15) is 33.6 Å². The van der Waals surface area contributed by atoms with Gasteiger partial charge in [0.25, 0.3) is 0 Å². The normalized spacial score (nSPS) is 29.5. The molecule has 3 aliphatic rings. The van der Waals surface area contributed by atoms with E-state index in [2.05, 4.69) is 35.8 Å². The van der Waals surface area contributed by atoms with E-state index >= 15 is 0 Å². The van der Waals surface area contributed by atoms with Gasteiger partial charge >= 0.3 is 0 Å². The standard InChI is InChI=1S/C13H21N3S/c1-4-14-12(17)16-15-8-9-5-6-10-7-11(9)13(10,2)3/h5,8,10-11H,4,6-7H2,1-3H3,(H2,14,16,17). The van der Waals surface area contributed by atoms with E-state index < -0.39 is 0 Å². The Morgan fingerprint density at radius 1 is 1.65 bits per heavy atom. The summed E-state index contributed by atoms with van der Waals surface area (Å²) in [5, 5.41) is 7.80. The van der Waals surface area contributed by atoms with Gasteiger partial charge in [0.2, 0.25) is 0 Å². The van der Waals surface area contributed by atoms with Crippen LogP contribution in [0.4, 0.5) is 0 Å². The molecule has 3 rings (SSSR count). The van der Waals surface area contributed by atoms with E-state index in [0.29, 0.717) is 16.4 Å². The number of rotatable bonds is 3. The summed E-state index contributed by atoms with van der Waals surface area (Å²) in [7, 11) is 0. The lowest BCUT2D eigenvalue weighted by molar-refractivity contribution is -0.00126. The number of nitrogens with one attached hydrogen (secondary N) is 2. The first-order valence-electron chi connectivity index (χ1n) is 6.32. The van der Waals surface area contributed by atoms with E-state index in [-0.39, 0.29) is 0 Å². The minimum Gasteiger partial charge on any atom is -0.362 e. The van der Waals surface area contributed by atoms with Crippen molar-refractivity contribution in [3.63, 3.8) is 0 Å². The van der Waals surface area contributed by atoms with Crippen molar-refractivity contribution < 1.29 is 0 Å². The summed E-state index contributed by atoms with van der Waals surface area (Å²) >= 11 is 5.05. The van der Waals surface area contributed by atoms with E-state index in [1.807, 2.05) is 13.1 Å². The van der Waals surface area contributed by atoms with Crippen molar-refractivity contribution in [1.29, 1.82) is 0 Å². The fourth-order valence-electron chi connectivity index (χ4n) is 2.91. The summed E-state index contributed by atoms with van der Waals surface area (Å²) in [4.78, 5) is 0. The molecule has 0 aromatic carbocycles. The number of hydrazone groups is 1. The molecule has 3 aliphatic carbocycles. The van der Waals surface area contributed by atoms with Crippen molar-refractivity contribution in [3.8, 4) is 0 Å². The average Bonchev–Trinajstić information content (AvgIpc) is 2.29. The molecule has 2 unspecified atom stereocenters. The SMILES string of the molecule is CCNC(=S)NN=CC1=CCC2CC1C2(C)C. The molecule has 94 valence electrons. The number of hydrogen-bond donors (Lipinski definition) is 2. The van der Waals surface area contributed by atoms with Crippen molar-refractivity contribution in [2.45, 2.75) is 33.6 Å². The Morgan fingerprint density at radius 3 is 3.00 bits per heavy atom. The monoisotopic (exact) mass is 251 g/mol. The largest absolute Gasteiger partial charge is 0.362 e. The van der Waals surface area contributed by atoms with Gasteiger partial charge in [0.1, 0.15) is 0 Å².